The monoisotopic (exact) mass is 583 g/mol. The lowest BCUT2D eigenvalue weighted by Gasteiger charge is -2.22. The Labute approximate surface area is 245 Å². The third-order valence-electron chi connectivity index (χ3n) is 6.38. The zero-order chi connectivity index (χ0) is 29.8. The molecule has 1 aromatic heterocycles. The molecular formula is C30H26FN7O3S. The largest absolute Gasteiger partial charge is 0.479 e. The average molecular weight is 584 g/mol. The first kappa shape index (κ1) is 28.5. The average Bonchev–Trinajstić information content (AvgIpc) is 3.60. The van der Waals surface area contributed by atoms with Crippen LogP contribution in [0.1, 0.15) is 30.9 Å². The smallest absolute Gasteiger partial charge is 0.347 e. The topological polar surface area (TPSA) is 126 Å². The number of nitrogens with one attached hydrogen (secondary N) is 1. The molecular weight excluding hydrogens is 557 g/mol. The standard InChI is InChI=1S/C30H26FN7O3S/c1-18(2)23-10-4-19(3)14-26(23)38-27(39)16-42-30(38)35-29(40)34-25-11-5-20(15-24(25)31)28-33-17-37(36-28)21-6-8-22(9-7-21)41-13-12-32/h4-11,14-15,17-18H,13,16H2,1-3H3,(H,34,40)/b35-30-. The molecule has 1 aliphatic rings. The summed E-state index contributed by atoms with van der Waals surface area (Å²) in [6.07, 6.45) is 1.50. The molecule has 3 aromatic carbocycles. The maximum atomic E-state index is 15.0. The minimum Gasteiger partial charge on any atom is -0.479 e. The Kier molecular flexibility index (Phi) is 8.31. The van der Waals surface area contributed by atoms with Crippen LogP contribution in [-0.2, 0) is 4.79 Å². The van der Waals surface area contributed by atoms with Crippen LogP contribution in [0.3, 0.4) is 0 Å². The van der Waals surface area contributed by atoms with E-state index in [0.29, 0.717) is 22.7 Å². The lowest BCUT2D eigenvalue weighted by molar-refractivity contribution is -0.115. The van der Waals surface area contributed by atoms with Crippen molar-refractivity contribution in [3.8, 4) is 28.9 Å². The Morgan fingerprint density at radius 1 is 1.19 bits per heavy atom. The maximum absolute atomic E-state index is 15.0. The van der Waals surface area contributed by atoms with E-state index in [9.17, 15) is 9.59 Å². The number of amides is 3. The van der Waals surface area contributed by atoms with Crippen LogP contribution >= 0.6 is 11.8 Å². The molecule has 10 nitrogen and oxygen atoms in total. The molecule has 1 saturated heterocycles. The van der Waals surface area contributed by atoms with Gasteiger partial charge in [0.15, 0.2) is 17.6 Å². The van der Waals surface area contributed by atoms with Gasteiger partial charge in [-0.3, -0.25) is 9.69 Å². The number of hydrogen-bond donors (Lipinski definition) is 1. The first-order valence-corrected chi connectivity index (χ1v) is 14.0. The molecule has 3 amide bonds. The van der Waals surface area contributed by atoms with E-state index in [4.69, 9.17) is 10.00 Å². The predicted molar refractivity (Wildman–Crippen MR) is 160 cm³/mol. The summed E-state index contributed by atoms with van der Waals surface area (Å²) in [5.41, 5.74) is 3.67. The van der Waals surface area contributed by atoms with Crippen LogP contribution in [0.25, 0.3) is 17.1 Å². The van der Waals surface area contributed by atoms with Crippen LogP contribution in [0.5, 0.6) is 5.75 Å². The Hall–Kier alpha value is -5.02. The van der Waals surface area contributed by atoms with Crippen molar-refractivity contribution in [3.05, 3.63) is 83.9 Å². The third-order valence-corrected chi connectivity index (χ3v) is 7.30. The highest BCUT2D eigenvalue weighted by Crippen LogP contribution is 2.34. The second-order valence-corrected chi connectivity index (χ2v) is 10.6. The number of carbonyl (C=O) groups excluding carboxylic acids is 2. The number of carbonyl (C=O) groups is 2. The zero-order valence-corrected chi connectivity index (χ0v) is 23.9. The van der Waals surface area contributed by atoms with E-state index in [1.165, 1.54) is 28.0 Å². The number of thioether (sulfide) groups is 1. The highest BCUT2D eigenvalue weighted by atomic mass is 32.2. The summed E-state index contributed by atoms with van der Waals surface area (Å²) in [4.78, 5) is 35.4. The number of aliphatic imine (C=N–C) groups is 1. The molecule has 0 radical (unpaired) electrons. The van der Waals surface area contributed by atoms with Crippen molar-refractivity contribution < 1.29 is 18.7 Å². The summed E-state index contributed by atoms with van der Waals surface area (Å²) in [6, 6.07) is 18.1. The van der Waals surface area contributed by atoms with Crippen LogP contribution in [0.4, 0.5) is 20.6 Å². The number of halogens is 1. The number of nitriles is 1. The minimum atomic E-state index is -0.799. The van der Waals surface area contributed by atoms with E-state index in [2.05, 4.69) is 20.4 Å². The molecule has 0 atom stereocenters. The molecule has 5 rings (SSSR count). The van der Waals surface area contributed by atoms with Crippen LogP contribution in [0, 0.1) is 24.1 Å². The number of urea groups is 1. The van der Waals surface area contributed by atoms with Crippen molar-refractivity contribution in [2.45, 2.75) is 26.7 Å². The first-order chi connectivity index (χ1) is 20.2. The predicted octanol–water partition coefficient (Wildman–Crippen LogP) is 6.08. The van der Waals surface area contributed by atoms with Gasteiger partial charge in [-0.1, -0.05) is 37.7 Å². The number of amidine groups is 1. The van der Waals surface area contributed by atoms with Gasteiger partial charge < -0.3 is 10.1 Å². The molecule has 0 spiro atoms. The van der Waals surface area contributed by atoms with Crippen molar-refractivity contribution in [1.82, 2.24) is 14.8 Å². The van der Waals surface area contributed by atoms with Gasteiger partial charge >= 0.3 is 6.03 Å². The molecule has 0 saturated carbocycles. The highest BCUT2D eigenvalue weighted by molar-refractivity contribution is 8.15. The van der Waals surface area contributed by atoms with Gasteiger partial charge in [-0.2, -0.15) is 10.3 Å². The summed E-state index contributed by atoms with van der Waals surface area (Å²) in [7, 11) is 0. The normalized spacial score (nSPS) is 14.0. The van der Waals surface area contributed by atoms with E-state index < -0.39 is 11.8 Å². The fourth-order valence-electron chi connectivity index (χ4n) is 4.33. The van der Waals surface area contributed by atoms with E-state index >= 15 is 4.39 Å². The molecule has 0 bridgehead atoms. The van der Waals surface area contributed by atoms with E-state index in [-0.39, 0.29) is 40.9 Å². The molecule has 1 aliphatic heterocycles. The Balaban J connectivity index is 1.31. The van der Waals surface area contributed by atoms with Gasteiger partial charge in [0.2, 0.25) is 5.91 Å². The highest BCUT2D eigenvalue weighted by Gasteiger charge is 2.32. The summed E-state index contributed by atoms with van der Waals surface area (Å²) in [5.74, 6) is 0.269. The number of aryl methyl sites for hydroxylation is 1. The minimum absolute atomic E-state index is 0.0496. The number of aromatic nitrogens is 3. The molecule has 1 fully saturated rings. The van der Waals surface area contributed by atoms with Gasteiger partial charge in [-0.25, -0.2) is 18.9 Å². The summed E-state index contributed by atoms with van der Waals surface area (Å²) in [5, 5.41) is 15.8. The SMILES string of the molecule is Cc1ccc(C(C)C)c(N2C(=O)CS/C2=N\C(=O)Nc2ccc(-c3ncn(-c4ccc(OCC#N)cc4)n3)cc2F)c1. The Morgan fingerprint density at radius 2 is 1.98 bits per heavy atom. The first-order valence-electron chi connectivity index (χ1n) is 13.0. The molecule has 12 heteroatoms. The van der Waals surface area contributed by atoms with Crippen LogP contribution in [0.15, 0.2) is 72.0 Å². The Morgan fingerprint density at radius 3 is 2.69 bits per heavy atom. The summed E-state index contributed by atoms with van der Waals surface area (Å²) >= 11 is 1.16. The molecule has 212 valence electrons. The van der Waals surface area contributed by atoms with Gasteiger partial charge in [-0.05, 0) is 72.5 Å². The van der Waals surface area contributed by atoms with Crippen LogP contribution in [0.2, 0.25) is 0 Å². The second kappa shape index (κ2) is 12.2. The number of ether oxygens (including phenoxy) is 1. The zero-order valence-electron chi connectivity index (χ0n) is 23.0. The van der Waals surface area contributed by atoms with Gasteiger partial charge in [0.1, 0.15) is 24.0 Å². The van der Waals surface area contributed by atoms with Crippen LogP contribution < -0.4 is 15.0 Å². The van der Waals surface area contributed by atoms with Crippen LogP contribution in [-0.4, -0.2) is 44.2 Å². The molecule has 2 heterocycles. The molecule has 0 unspecified atom stereocenters. The fourth-order valence-corrected chi connectivity index (χ4v) is 5.19. The van der Waals surface area contributed by atoms with Crippen molar-refractivity contribution in [2.24, 2.45) is 4.99 Å². The van der Waals surface area contributed by atoms with Gasteiger partial charge in [0.05, 0.1) is 22.8 Å². The van der Waals surface area contributed by atoms with Crippen molar-refractivity contribution in [1.29, 1.82) is 5.26 Å². The fraction of sp³-hybridized carbons (Fsp3) is 0.200. The van der Waals surface area contributed by atoms with Crippen molar-refractivity contribution >= 4 is 40.2 Å². The number of rotatable bonds is 7. The van der Waals surface area contributed by atoms with Crippen molar-refractivity contribution in [2.75, 3.05) is 22.6 Å². The van der Waals surface area contributed by atoms with Crippen molar-refractivity contribution in [3.63, 3.8) is 0 Å². The Bertz CT molecular complexity index is 1730. The van der Waals surface area contributed by atoms with E-state index in [1.54, 1.807) is 30.3 Å². The third kappa shape index (κ3) is 6.16. The number of nitrogens with zero attached hydrogens (tertiary/aromatic N) is 6. The quantitative estimate of drug-likeness (QED) is 0.280. The summed E-state index contributed by atoms with van der Waals surface area (Å²) < 4.78 is 21.8. The number of benzene rings is 3. The molecule has 1 N–H and O–H groups in total. The number of anilines is 2. The van der Waals surface area contributed by atoms with Gasteiger partial charge in [0, 0.05) is 5.56 Å². The van der Waals surface area contributed by atoms with E-state index in [0.717, 1.165) is 22.9 Å². The molecule has 0 aliphatic carbocycles. The number of hydrogen-bond acceptors (Lipinski definition) is 7. The van der Waals surface area contributed by atoms with Gasteiger partial charge in [0.25, 0.3) is 0 Å². The maximum Gasteiger partial charge on any atom is 0.347 e. The molecule has 42 heavy (non-hydrogen) atoms. The van der Waals surface area contributed by atoms with E-state index in [1.807, 2.05) is 45.0 Å². The molecule has 4 aromatic rings. The lowest BCUT2D eigenvalue weighted by Crippen LogP contribution is -2.31. The summed E-state index contributed by atoms with van der Waals surface area (Å²) in [6.45, 7) is 5.95. The van der Waals surface area contributed by atoms with Gasteiger partial charge in [-0.15, -0.1) is 5.10 Å². The lowest BCUT2D eigenvalue weighted by atomic mass is 9.99. The second-order valence-electron chi connectivity index (χ2n) is 9.71.